The van der Waals surface area contributed by atoms with Gasteiger partial charge in [-0.25, -0.2) is 0 Å². The Labute approximate surface area is 137 Å². The van der Waals surface area contributed by atoms with Crippen LogP contribution in [0.1, 0.15) is 32.3 Å². The molecule has 1 aliphatic rings. The third-order valence-corrected chi connectivity index (χ3v) is 4.51. The smallest absolute Gasteiger partial charge is 0.133 e. The zero-order chi connectivity index (χ0) is 15.2. The second kappa shape index (κ2) is 8.16. The van der Waals surface area contributed by atoms with E-state index in [1.807, 2.05) is 6.07 Å². The highest BCUT2D eigenvalue weighted by Gasteiger charge is 2.19. The van der Waals surface area contributed by atoms with Gasteiger partial charge >= 0.3 is 0 Å². The van der Waals surface area contributed by atoms with E-state index in [2.05, 4.69) is 52.1 Å². The quantitative estimate of drug-likeness (QED) is 0.808. The van der Waals surface area contributed by atoms with Gasteiger partial charge in [0.2, 0.25) is 0 Å². The van der Waals surface area contributed by atoms with E-state index in [-0.39, 0.29) is 0 Å². The molecule has 1 aromatic carbocycles. The van der Waals surface area contributed by atoms with Gasteiger partial charge in [-0.3, -0.25) is 4.90 Å². The van der Waals surface area contributed by atoms with Crippen molar-refractivity contribution in [1.82, 2.24) is 10.2 Å². The fraction of sp³-hybridized carbons (Fsp3) is 0.647. The van der Waals surface area contributed by atoms with E-state index in [1.54, 1.807) is 7.11 Å². The van der Waals surface area contributed by atoms with Crippen molar-refractivity contribution in [3.05, 3.63) is 28.2 Å². The molecule has 1 unspecified atom stereocenters. The van der Waals surface area contributed by atoms with Gasteiger partial charge in [0.15, 0.2) is 0 Å². The predicted octanol–water partition coefficient (Wildman–Crippen LogP) is 3.67. The SMILES string of the molecule is COc1ccc(CN(CC(C)C)CC2CCCN2)cc1Br. The van der Waals surface area contributed by atoms with Gasteiger partial charge in [0.1, 0.15) is 5.75 Å². The maximum Gasteiger partial charge on any atom is 0.133 e. The molecule has 0 spiro atoms. The summed E-state index contributed by atoms with van der Waals surface area (Å²) in [7, 11) is 1.70. The van der Waals surface area contributed by atoms with Crippen LogP contribution in [-0.4, -0.2) is 37.7 Å². The molecule has 0 saturated carbocycles. The number of nitrogens with zero attached hydrogens (tertiary/aromatic N) is 1. The lowest BCUT2D eigenvalue weighted by Gasteiger charge is -2.27. The monoisotopic (exact) mass is 354 g/mol. The Hall–Kier alpha value is -0.580. The minimum absolute atomic E-state index is 0.658. The molecule has 1 aromatic rings. The highest BCUT2D eigenvalue weighted by atomic mass is 79.9. The zero-order valence-electron chi connectivity index (χ0n) is 13.4. The normalized spacial score (nSPS) is 18.7. The molecule has 21 heavy (non-hydrogen) atoms. The lowest BCUT2D eigenvalue weighted by molar-refractivity contribution is 0.216. The summed E-state index contributed by atoms with van der Waals surface area (Å²) in [5, 5.41) is 3.60. The molecule has 0 aliphatic carbocycles. The first-order chi connectivity index (χ1) is 10.1. The largest absolute Gasteiger partial charge is 0.496 e. The molecule has 1 fully saturated rings. The number of ether oxygens (including phenoxy) is 1. The number of hydrogen-bond acceptors (Lipinski definition) is 3. The number of nitrogens with one attached hydrogen (secondary N) is 1. The summed E-state index contributed by atoms with van der Waals surface area (Å²) < 4.78 is 6.34. The van der Waals surface area contributed by atoms with Gasteiger partial charge in [-0.05, 0) is 58.9 Å². The lowest BCUT2D eigenvalue weighted by atomic mass is 10.1. The number of rotatable bonds is 7. The van der Waals surface area contributed by atoms with Crippen molar-refractivity contribution in [2.24, 2.45) is 5.92 Å². The van der Waals surface area contributed by atoms with Crippen molar-refractivity contribution >= 4 is 15.9 Å². The van der Waals surface area contributed by atoms with Crippen LogP contribution in [0.5, 0.6) is 5.75 Å². The molecule has 0 amide bonds. The average Bonchev–Trinajstić information content (AvgIpc) is 2.91. The van der Waals surface area contributed by atoms with Gasteiger partial charge in [0, 0.05) is 25.7 Å². The topological polar surface area (TPSA) is 24.5 Å². The Bertz CT molecular complexity index is 444. The first-order valence-electron chi connectivity index (χ1n) is 7.86. The fourth-order valence-electron chi connectivity index (χ4n) is 3.01. The molecule has 4 heteroatoms. The highest BCUT2D eigenvalue weighted by Crippen LogP contribution is 2.26. The first-order valence-corrected chi connectivity index (χ1v) is 8.66. The summed E-state index contributed by atoms with van der Waals surface area (Å²) in [6.07, 6.45) is 2.62. The van der Waals surface area contributed by atoms with Crippen molar-refractivity contribution < 1.29 is 4.74 Å². The number of methoxy groups -OCH3 is 1. The Kier molecular flexibility index (Phi) is 6.52. The summed E-state index contributed by atoms with van der Waals surface area (Å²) in [5.74, 6) is 1.58. The van der Waals surface area contributed by atoms with E-state index in [1.165, 1.54) is 24.9 Å². The van der Waals surface area contributed by atoms with Crippen LogP contribution in [0.3, 0.4) is 0 Å². The second-order valence-electron chi connectivity index (χ2n) is 6.35. The molecule has 1 N–H and O–H groups in total. The van der Waals surface area contributed by atoms with Gasteiger partial charge in [-0.2, -0.15) is 0 Å². The minimum Gasteiger partial charge on any atom is -0.496 e. The number of halogens is 1. The van der Waals surface area contributed by atoms with Crippen molar-refractivity contribution in [3.8, 4) is 5.75 Å². The molecule has 2 rings (SSSR count). The Balaban J connectivity index is 2.00. The Morgan fingerprint density at radius 2 is 2.24 bits per heavy atom. The van der Waals surface area contributed by atoms with Crippen LogP contribution in [0.25, 0.3) is 0 Å². The van der Waals surface area contributed by atoms with Crippen LogP contribution in [0, 0.1) is 5.92 Å². The highest BCUT2D eigenvalue weighted by molar-refractivity contribution is 9.10. The predicted molar refractivity (Wildman–Crippen MR) is 91.8 cm³/mol. The maximum atomic E-state index is 5.31. The lowest BCUT2D eigenvalue weighted by Crippen LogP contribution is -2.38. The van der Waals surface area contributed by atoms with Crippen molar-refractivity contribution in [2.45, 2.75) is 39.3 Å². The molecule has 118 valence electrons. The third-order valence-electron chi connectivity index (χ3n) is 3.89. The molecule has 1 saturated heterocycles. The average molecular weight is 355 g/mol. The fourth-order valence-corrected chi connectivity index (χ4v) is 3.60. The molecular weight excluding hydrogens is 328 g/mol. The molecule has 0 radical (unpaired) electrons. The van der Waals surface area contributed by atoms with Gasteiger partial charge in [0.25, 0.3) is 0 Å². The van der Waals surface area contributed by atoms with Gasteiger partial charge < -0.3 is 10.1 Å². The van der Waals surface area contributed by atoms with E-state index >= 15 is 0 Å². The van der Waals surface area contributed by atoms with E-state index in [0.29, 0.717) is 12.0 Å². The third kappa shape index (κ3) is 5.28. The van der Waals surface area contributed by atoms with E-state index in [4.69, 9.17) is 4.74 Å². The molecule has 0 bridgehead atoms. The van der Waals surface area contributed by atoms with E-state index < -0.39 is 0 Å². The zero-order valence-corrected chi connectivity index (χ0v) is 14.9. The van der Waals surface area contributed by atoms with Crippen LogP contribution in [0.4, 0.5) is 0 Å². The first kappa shape index (κ1) is 16.8. The van der Waals surface area contributed by atoms with Crippen LogP contribution in [0.15, 0.2) is 22.7 Å². The van der Waals surface area contributed by atoms with Crippen molar-refractivity contribution in [2.75, 3.05) is 26.7 Å². The summed E-state index contributed by atoms with van der Waals surface area (Å²) in [5.41, 5.74) is 1.33. The summed E-state index contributed by atoms with van der Waals surface area (Å²) >= 11 is 3.58. The molecule has 1 aliphatic heterocycles. The molecule has 0 aromatic heterocycles. The van der Waals surface area contributed by atoms with Gasteiger partial charge in [-0.1, -0.05) is 19.9 Å². The molecule has 1 heterocycles. The van der Waals surface area contributed by atoms with Crippen LogP contribution < -0.4 is 10.1 Å². The standard InChI is InChI=1S/C17H27BrN2O/c1-13(2)10-20(12-15-5-4-8-19-15)11-14-6-7-17(21-3)16(18)9-14/h6-7,9,13,15,19H,4-5,8,10-12H2,1-3H3. The maximum absolute atomic E-state index is 5.31. The molecule has 1 atom stereocenters. The molecular formula is C17H27BrN2O. The Morgan fingerprint density at radius 1 is 1.43 bits per heavy atom. The van der Waals surface area contributed by atoms with E-state index in [9.17, 15) is 0 Å². The van der Waals surface area contributed by atoms with Gasteiger partial charge in [0.05, 0.1) is 11.6 Å². The van der Waals surface area contributed by atoms with E-state index in [0.717, 1.165) is 29.9 Å². The molecule has 3 nitrogen and oxygen atoms in total. The van der Waals surface area contributed by atoms with Gasteiger partial charge in [-0.15, -0.1) is 0 Å². The van der Waals surface area contributed by atoms with Crippen LogP contribution in [0.2, 0.25) is 0 Å². The minimum atomic E-state index is 0.658. The summed E-state index contributed by atoms with van der Waals surface area (Å²) in [4.78, 5) is 2.57. The number of hydrogen-bond donors (Lipinski definition) is 1. The van der Waals surface area contributed by atoms with Crippen molar-refractivity contribution in [3.63, 3.8) is 0 Å². The summed E-state index contributed by atoms with van der Waals surface area (Å²) in [6.45, 7) is 9.04. The Morgan fingerprint density at radius 3 is 2.81 bits per heavy atom. The van der Waals surface area contributed by atoms with Crippen LogP contribution >= 0.6 is 15.9 Å². The van der Waals surface area contributed by atoms with Crippen molar-refractivity contribution in [1.29, 1.82) is 0 Å². The second-order valence-corrected chi connectivity index (χ2v) is 7.20. The number of benzene rings is 1. The van der Waals surface area contributed by atoms with Crippen LogP contribution in [-0.2, 0) is 6.54 Å². The summed E-state index contributed by atoms with van der Waals surface area (Å²) in [6, 6.07) is 7.04.